The van der Waals surface area contributed by atoms with E-state index < -0.39 is 11.8 Å². The van der Waals surface area contributed by atoms with E-state index in [1.54, 1.807) is 20.0 Å². The molecule has 0 fully saturated rings. The van der Waals surface area contributed by atoms with Crippen LogP contribution in [0.5, 0.6) is 5.75 Å². The summed E-state index contributed by atoms with van der Waals surface area (Å²) in [7, 11) is 0. The van der Waals surface area contributed by atoms with Crippen LogP contribution in [-0.2, 0) is 12.0 Å². The zero-order valence-corrected chi connectivity index (χ0v) is 20.9. The fourth-order valence-corrected chi connectivity index (χ4v) is 5.96. The van der Waals surface area contributed by atoms with Crippen LogP contribution in [0.3, 0.4) is 0 Å². The molecular formula is C25H26BrFN2O2S. The summed E-state index contributed by atoms with van der Waals surface area (Å²) in [6, 6.07) is 9.78. The molecule has 2 aromatic carbocycles. The van der Waals surface area contributed by atoms with Crippen LogP contribution in [0, 0.1) is 5.82 Å². The summed E-state index contributed by atoms with van der Waals surface area (Å²) in [5, 5.41) is 11.1. The van der Waals surface area contributed by atoms with E-state index in [0.29, 0.717) is 26.7 Å². The fraction of sp³-hybridized carbons (Fsp3) is 0.400. The molecule has 3 unspecified atom stereocenters. The van der Waals surface area contributed by atoms with Crippen LogP contribution in [0.25, 0.3) is 0 Å². The first kappa shape index (κ1) is 21.9. The highest BCUT2D eigenvalue weighted by Gasteiger charge is 2.44. The lowest BCUT2D eigenvalue weighted by atomic mass is 9.94. The quantitative estimate of drug-likeness (QED) is 0.406. The Balaban J connectivity index is 1.65. The molecule has 0 saturated heterocycles. The van der Waals surface area contributed by atoms with Crippen molar-refractivity contribution in [1.29, 1.82) is 0 Å². The summed E-state index contributed by atoms with van der Waals surface area (Å²) in [6.07, 6.45) is 3.13. The molecule has 1 aromatic heterocycles. The Labute approximate surface area is 200 Å². The monoisotopic (exact) mass is 516 g/mol. The van der Waals surface area contributed by atoms with Gasteiger partial charge in [0.15, 0.2) is 0 Å². The van der Waals surface area contributed by atoms with Gasteiger partial charge in [-0.05, 0) is 61.9 Å². The number of anilines is 1. The summed E-state index contributed by atoms with van der Waals surface area (Å²) >= 11 is 4.84. The zero-order valence-electron chi connectivity index (χ0n) is 18.5. The smallest absolute Gasteiger partial charge is 0.210 e. The van der Waals surface area contributed by atoms with Crippen LogP contribution in [0.15, 0.2) is 41.0 Å². The molecule has 2 aliphatic rings. The van der Waals surface area contributed by atoms with Crippen molar-refractivity contribution in [2.45, 2.75) is 64.3 Å². The van der Waals surface area contributed by atoms with Crippen molar-refractivity contribution in [3.8, 4) is 5.75 Å². The first-order valence-corrected chi connectivity index (χ1v) is 12.5. The molecule has 5 rings (SSSR count). The molecule has 7 heteroatoms. The van der Waals surface area contributed by atoms with Gasteiger partial charge < -0.3 is 14.7 Å². The first-order valence-electron chi connectivity index (χ1n) is 10.9. The summed E-state index contributed by atoms with van der Waals surface area (Å²) in [5.41, 5.74) is 3.15. The third-order valence-corrected chi connectivity index (χ3v) is 8.28. The molecule has 168 valence electrons. The van der Waals surface area contributed by atoms with E-state index >= 15 is 4.39 Å². The molecular weight excluding hydrogens is 491 g/mol. The summed E-state index contributed by atoms with van der Waals surface area (Å²) in [4.78, 5) is 7.51. The lowest BCUT2D eigenvalue weighted by molar-refractivity contribution is 0.0783. The van der Waals surface area contributed by atoms with E-state index in [9.17, 15) is 5.11 Å². The second kappa shape index (κ2) is 7.82. The Morgan fingerprint density at radius 1 is 1.34 bits per heavy atom. The molecule has 1 N–H and O–H groups in total. The molecule has 0 amide bonds. The number of hydrogen-bond acceptors (Lipinski definition) is 5. The highest BCUT2D eigenvalue weighted by molar-refractivity contribution is 9.10. The number of aliphatic hydroxyl groups is 1. The Hall–Kier alpha value is -1.96. The van der Waals surface area contributed by atoms with Gasteiger partial charge in [0.25, 0.3) is 0 Å². The van der Waals surface area contributed by atoms with Gasteiger partial charge >= 0.3 is 0 Å². The highest BCUT2D eigenvalue weighted by atomic mass is 79.9. The number of rotatable bonds is 4. The molecule has 4 nitrogen and oxygen atoms in total. The number of thiazole rings is 1. The Morgan fingerprint density at radius 2 is 2.12 bits per heavy atom. The average Bonchev–Trinajstić information content (AvgIpc) is 3.36. The third-order valence-electron chi connectivity index (χ3n) is 6.48. The SMILES string of the molecule is CCC(C)c1ccc2c(c1)CC1c3c(F)cc(Br)cc3OC(c3cnc(C(C)(C)O)s3)N21. The number of fused-ring (bicyclic) bond motifs is 5. The molecule has 32 heavy (non-hydrogen) atoms. The summed E-state index contributed by atoms with van der Waals surface area (Å²) in [5.74, 6) is 0.761. The number of ether oxygens (including phenoxy) is 1. The minimum Gasteiger partial charge on any atom is -0.465 e. The van der Waals surface area contributed by atoms with E-state index in [4.69, 9.17) is 4.74 Å². The largest absolute Gasteiger partial charge is 0.465 e. The maximum Gasteiger partial charge on any atom is 0.210 e. The normalized spacial score (nSPS) is 20.4. The van der Waals surface area contributed by atoms with Gasteiger partial charge in [-0.25, -0.2) is 9.37 Å². The van der Waals surface area contributed by atoms with E-state index in [-0.39, 0.29) is 11.9 Å². The van der Waals surface area contributed by atoms with Crippen LogP contribution < -0.4 is 9.64 Å². The van der Waals surface area contributed by atoms with Crippen molar-refractivity contribution in [2.75, 3.05) is 4.90 Å². The Morgan fingerprint density at radius 3 is 2.81 bits per heavy atom. The predicted molar refractivity (Wildman–Crippen MR) is 129 cm³/mol. The van der Waals surface area contributed by atoms with Gasteiger partial charge in [-0.15, -0.1) is 11.3 Å². The van der Waals surface area contributed by atoms with Gasteiger partial charge in [0.1, 0.15) is 22.2 Å². The molecule has 3 atom stereocenters. The average molecular weight is 517 g/mol. The third kappa shape index (κ3) is 3.55. The topological polar surface area (TPSA) is 45.6 Å². The fourth-order valence-electron chi connectivity index (χ4n) is 4.61. The van der Waals surface area contributed by atoms with Crippen molar-refractivity contribution in [3.63, 3.8) is 0 Å². The van der Waals surface area contributed by atoms with Gasteiger partial charge in [0.05, 0.1) is 16.5 Å². The molecule has 3 heterocycles. The van der Waals surface area contributed by atoms with Gasteiger partial charge in [-0.3, -0.25) is 0 Å². The lowest BCUT2D eigenvalue weighted by Gasteiger charge is -2.40. The minimum absolute atomic E-state index is 0.160. The molecule has 0 radical (unpaired) electrons. The van der Waals surface area contributed by atoms with E-state index in [0.717, 1.165) is 23.4 Å². The van der Waals surface area contributed by atoms with Crippen molar-refractivity contribution in [2.24, 2.45) is 0 Å². The second-order valence-electron chi connectivity index (χ2n) is 9.22. The van der Waals surface area contributed by atoms with Crippen LogP contribution >= 0.6 is 27.3 Å². The highest BCUT2D eigenvalue weighted by Crippen LogP contribution is 2.54. The van der Waals surface area contributed by atoms with E-state index in [1.165, 1.54) is 28.5 Å². The molecule has 0 aliphatic carbocycles. The number of aromatic nitrogens is 1. The maximum absolute atomic E-state index is 15.2. The maximum atomic E-state index is 15.2. The van der Waals surface area contributed by atoms with Crippen LogP contribution in [0.1, 0.15) is 78.9 Å². The lowest BCUT2D eigenvalue weighted by Crippen LogP contribution is -2.38. The first-order chi connectivity index (χ1) is 15.2. The van der Waals surface area contributed by atoms with Gasteiger partial charge in [-0.2, -0.15) is 0 Å². The van der Waals surface area contributed by atoms with Crippen molar-refractivity contribution < 1.29 is 14.2 Å². The van der Waals surface area contributed by atoms with E-state index in [1.807, 2.05) is 6.07 Å². The summed E-state index contributed by atoms with van der Waals surface area (Å²) < 4.78 is 22.2. The molecule has 2 aliphatic heterocycles. The van der Waals surface area contributed by atoms with Crippen LogP contribution in [-0.4, -0.2) is 10.1 Å². The number of halogens is 2. The number of hydrogen-bond donors (Lipinski definition) is 1. The Bertz CT molecular complexity index is 1190. The van der Waals surface area contributed by atoms with Crippen LogP contribution in [0.4, 0.5) is 10.1 Å². The second-order valence-corrected chi connectivity index (χ2v) is 11.2. The molecule has 0 saturated carbocycles. The van der Waals surface area contributed by atoms with Crippen LogP contribution in [0.2, 0.25) is 0 Å². The predicted octanol–water partition coefficient (Wildman–Crippen LogP) is 6.98. The molecule has 3 aromatic rings. The van der Waals surface area contributed by atoms with Crippen molar-refractivity contribution >= 4 is 33.0 Å². The molecule has 0 spiro atoms. The Kier molecular flexibility index (Phi) is 5.34. The number of nitrogens with zero attached hydrogens (tertiary/aromatic N) is 2. The van der Waals surface area contributed by atoms with Gasteiger partial charge in [0.2, 0.25) is 6.23 Å². The molecule has 0 bridgehead atoms. The van der Waals surface area contributed by atoms with E-state index in [2.05, 4.69) is 57.9 Å². The number of benzene rings is 2. The zero-order chi connectivity index (χ0) is 22.8. The van der Waals surface area contributed by atoms with Crippen molar-refractivity contribution in [1.82, 2.24) is 4.98 Å². The standard InChI is InChI=1S/C25H26BrFN2O2S/c1-5-13(2)14-6-7-18-15(8-14)9-19-22-17(27)10-16(26)11-20(22)31-23(29(18)19)21-12-28-24(32-21)25(3,4)30/h6-8,10-13,19,23,30H,5,9H2,1-4H3. The summed E-state index contributed by atoms with van der Waals surface area (Å²) in [6.45, 7) is 7.88. The van der Waals surface area contributed by atoms with Gasteiger partial charge in [0, 0.05) is 16.4 Å². The minimum atomic E-state index is -1.03. The van der Waals surface area contributed by atoms with Crippen molar-refractivity contribution in [3.05, 3.63) is 73.4 Å². The van der Waals surface area contributed by atoms with Gasteiger partial charge in [-0.1, -0.05) is 41.9 Å².